The Morgan fingerprint density at radius 2 is 2.29 bits per heavy atom. The molecule has 1 atom stereocenters. The molecule has 0 saturated heterocycles. The van der Waals surface area contributed by atoms with E-state index in [0.717, 1.165) is 18.4 Å². The summed E-state index contributed by atoms with van der Waals surface area (Å²) in [6.45, 7) is 2.56. The Balaban J connectivity index is 1.84. The van der Waals surface area contributed by atoms with E-state index in [1.807, 2.05) is 6.92 Å². The van der Waals surface area contributed by atoms with E-state index in [2.05, 4.69) is 10.3 Å². The van der Waals surface area contributed by atoms with Crippen LogP contribution in [0.3, 0.4) is 0 Å². The van der Waals surface area contributed by atoms with E-state index in [4.69, 9.17) is 22.1 Å². The van der Waals surface area contributed by atoms with E-state index < -0.39 is 0 Å². The minimum atomic E-state index is -0.380. The van der Waals surface area contributed by atoms with Crippen LogP contribution in [-0.2, 0) is 4.74 Å². The first kappa shape index (κ1) is 16.0. The van der Waals surface area contributed by atoms with Crippen molar-refractivity contribution in [2.24, 2.45) is 10.7 Å². The molecule has 0 heterocycles. The second kappa shape index (κ2) is 7.09. The lowest BCUT2D eigenvalue weighted by Gasteiger charge is -2.33. The Kier molecular flexibility index (Phi) is 5.42. The smallest absolute Gasteiger partial charge is 0.189 e. The number of benzene rings is 1. The summed E-state index contributed by atoms with van der Waals surface area (Å²) >= 11 is 5.80. The third kappa shape index (κ3) is 4.32. The van der Waals surface area contributed by atoms with Crippen molar-refractivity contribution in [2.75, 3.05) is 13.7 Å². The highest BCUT2D eigenvalue weighted by Crippen LogP contribution is 2.39. The molecule has 4 nitrogen and oxygen atoms in total. The lowest BCUT2D eigenvalue weighted by Crippen LogP contribution is -2.42. The highest BCUT2D eigenvalue weighted by Gasteiger charge is 2.30. The number of methoxy groups -OCH3 is 1. The molecular formula is C15H21ClFN3O. The Hall–Kier alpha value is -1.33. The maximum Gasteiger partial charge on any atom is 0.189 e. The highest BCUT2D eigenvalue weighted by atomic mass is 35.5. The second-order valence-corrected chi connectivity index (χ2v) is 5.92. The van der Waals surface area contributed by atoms with Crippen LogP contribution in [0.5, 0.6) is 0 Å². The number of rotatable bonds is 5. The van der Waals surface area contributed by atoms with Gasteiger partial charge in [0.2, 0.25) is 0 Å². The largest absolute Gasteiger partial charge is 0.383 e. The number of nitrogens with two attached hydrogens (primary N) is 1. The summed E-state index contributed by atoms with van der Waals surface area (Å²) in [6.07, 6.45) is 1.81. The lowest BCUT2D eigenvalue weighted by molar-refractivity contribution is 0.179. The van der Waals surface area contributed by atoms with Crippen molar-refractivity contribution in [1.82, 2.24) is 5.32 Å². The van der Waals surface area contributed by atoms with Crippen LogP contribution in [0.15, 0.2) is 23.2 Å². The third-order valence-corrected chi connectivity index (χ3v) is 3.95. The average molecular weight is 314 g/mol. The molecule has 0 aromatic heterocycles. The van der Waals surface area contributed by atoms with Gasteiger partial charge in [-0.2, -0.15) is 0 Å². The number of ether oxygens (including phenoxy) is 1. The minimum absolute atomic E-state index is 0.130. The van der Waals surface area contributed by atoms with Crippen molar-refractivity contribution in [3.8, 4) is 0 Å². The molecule has 1 aromatic carbocycles. The van der Waals surface area contributed by atoms with Crippen LogP contribution < -0.4 is 11.1 Å². The van der Waals surface area contributed by atoms with Crippen LogP contribution in [0.4, 0.5) is 4.39 Å². The summed E-state index contributed by atoms with van der Waals surface area (Å²) < 4.78 is 18.2. The molecule has 3 N–H and O–H groups in total. The molecule has 0 spiro atoms. The van der Waals surface area contributed by atoms with Crippen molar-refractivity contribution < 1.29 is 9.13 Å². The fourth-order valence-electron chi connectivity index (χ4n) is 2.51. The summed E-state index contributed by atoms with van der Waals surface area (Å²) in [7, 11) is 1.65. The maximum absolute atomic E-state index is 13.1. The zero-order valence-electron chi connectivity index (χ0n) is 12.3. The molecule has 0 radical (unpaired) electrons. The van der Waals surface area contributed by atoms with Gasteiger partial charge in [-0.1, -0.05) is 17.7 Å². The van der Waals surface area contributed by atoms with Gasteiger partial charge < -0.3 is 15.8 Å². The fourth-order valence-corrected chi connectivity index (χ4v) is 2.70. The van der Waals surface area contributed by atoms with Gasteiger partial charge in [0.1, 0.15) is 5.82 Å². The van der Waals surface area contributed by atoms with Crippen LogP contribution in [0, 0.1) is 5.82 Å². The molecule has 1 fully saturated rings. The Bertz CT molecular complexity index is 518. The van der Waals surface area contributed by atoms with Crippen molar-refractivity contribution >= 4 is 17.6 Å². The summed E-state index contributed by atoms with van der Waals surface area (Å²) in [4.78, 5) is 4.44. The number of hydrogen-bond acceptors (Lipinski definition) is 2. The fraction of sp³-hybridized carbons (Fsp3) is 0.533. The number of nitrogens with zero attached hydrogens (tertiary/aromatic N) is 1. The van der Waals surface area contributed by atoms with Gasteiger partial charge in [0, 0.05) is 13.2 Å². The quantitative estimate of drug-likeness (QED) is 0.649. The Labute approximate surface area is 129 Å². The topological polar surface area (TPSA) is 59.6 Å². The molecular weight excluding hydrogens is 293 g/mol. The Morgan fingerprint density at radius 1 is 1.57 bits per heavy atom. The van der Waals surface area contributed by atoms with Crippen molar-refractivity contribution in [3.63, 3.8) is 0 Å². The van der Waals surface area contributed by atoms with Gasteiger partial charge in [0.25, 0.3) is 0 Å². The van der Waals surface area contributed by atoms with Gasteiger partial charge in [-0.25, -0.2) is 4.39 Å². The maximum atomic E-state index is 13.1. The average Bonchev–Trinajstić information content (AvgIpc) is 2.37. The number of nitrogens with one attached hydrogen (secondary N) is 1. The number of guanidine groups is 1. The first-order chi connectivity index (χ1) is 9.99. The van der Waals surface area contributed by atoms with E-state index in [1.54, 1.807) is 19.2 Å². The molecule has 1 saturated carbocycles. The van der Waals surface area contributed by atoms with Crippen LogP contribution in [0.25, 0.3) is 0 Å². The van der Waals surface area contributed by atoms with Gasteiger partial charge in [-0.3, -0.25) is 4.99 Å². The third-order valence-electron chi connectivity index (χ3n) is 3.66. The number of aliphatic imine (C=N–C) groups is 1. The lowest BCUT2D eigenvalue weighted by atomic mass is 9.76. The molecule has 1 aromatic rings. The van der Waals surface area contributed by atoms with E-state index >= 15 is 0 Å². The zero-order chi connectivity index (χ0) is 15.4. The van der Waals surface area contributed by atoms with Crippen LogP contribution in [0.1, 0.15) is 31.2 Å². The molecule has 1 aliphatic rings. The van der Waals surface area contributed by atoms with Crippen molar-refractivity contribution in [1.29, 1.82) is 0 Å². The summed E-state index contributed by atoms with van der Waals surface area (Å²) in [5, 5.41) is 3.26. The number of hydrogen-bond donors (Lipinski definition) is 2. The van der Waals surface area contributed by atoms with Gasteiger partial charge in [0.15, 0.2) is 5.96 Å². The van der Waals surface area contributed by atoms with E-state index in [1.165, 1.54) is 6.07 Å². The second-order valence-electron chi connectivity index (χ2n) is 5.51. The van der Waals surface area contributed by atoms with Gasteiger partial charge in [-0.05, 0) is 43.4 Å². The SMILES string of the molecule is COCC(C)NC(N)=NC1CC(c2ccc(F)c(Cl)c2)C1. The zero-order valence-corrected chi connectivity index (χ0v) is 13.0. The first-order valence-corrected chi connectivity index (χ1v) is 7.41. The molecule has 0 amide bonds. The molecule has 21 heavy (non-hydrogen) atoms. The predicted molar refractivity (Wildman–Crippen MR) is 83.3 cm³/mol. The van der Waals surface area contributed by atoms with Crippen LogP contribution in [-0.4, -0.2) is 31.8 Å². The molecule has 0 bridgehead atoms. The molecule has 1 unspecified atom stereocenters. The molecule has 2 rings (SSSR count). The van der Waals surface area contributed by atoms with Gasteiger partial charge >= 0.3 is 0 Å². The standard InChI is InChI=1S/C15H21ClFN3O/c1-9(8-21-2)19-15(18)20-12-5-11(6-12)10-3-4-14(17)13(16)7-10/h3-4,7,9,11-12H,5-6,8H2,1-2H3,(H3,18,19,20). The molecule has 1 aliphatic carbocycles. The highest BCUT2D eigenvalue weighted by molar-refractivity contribution is 6.30. The first-order valence-electron chi connectivity index (χ1n) is 7.03. The van der Waals surface area contributed by atoms with E-state index in [0.29, 0.717) is 18.5 Å². The summed E-state index contributed by atoms with van der Waals surface area (Å²) in [5.74, 6) is 0.441. The predicted octanol–water partition coefficient (Wildman–Crippen LogP) is 2.66. The molecule has 0 aliphatic heterocycles. The van der Waals surface area contributed by atoms with Crippen molar-refractivity contribution in [3.05, 3.63) is 34.6 Å². The monoisotopic (exact) mass is 313 g/mol. The normalized spacial score (nSPS) is 23.5. The van der Waals surface area contributed by atoms with Crippen LogP contribution >= 0.6 is 11.6 Å². The van der Waals surface area contributed by atoms with E-state index in [-0.39, 0.29) is 22.9 Å². The summed E-state index contributed by atoms with van der Waals surface area (Å²) in [5.41, 5.74) is 6.92. The van der Waals surface area contributed by atoms with Gasteiger partial charge in [0.05, 0.1) is 17.7 Å². The number of halogens is 2. The Morgan fingerprint density at radius 3 is 2.90 bits per heavy atom. The van der Waals surface area contributed by atoms with Gasteiger partial charge in [-0.15, -0.1) is 0 Å². The van der Waals surface area contributed by atoms with Crippen LogP contribution in [0.2, 0.25) is 5.02 Å². The minimum Gasteiger partial charge on any atom is -0.383 e. The van der Waals surface area contributed by atoms with E-state index in [9.17, 15) is 4.39 Å². The van der Waals surface area contributed by atoms with Crippen molar-refractivity contribution in [2.45, 2.75) is 37.8 Å². The molecule has 6 heteroatoms. The summed E-state index contributed by atoms with van der Waals surface area (Å²) in [6, 6.07) is 5.24. The molecule has 116 valence electrons.